The van der Waals surface area contributed by atoms with Crippen molar-refractivity contribution in [3.63, 3.8) is 0 Å². The van der Waals surface area contributed by atoms with E-state index in [0.717, 1.165) is 24.4 Å². The van der Waals surface area contributed by atoms with Crippen LogP contribution in [0.3, 0.4) is 0 Å². The van der Waals surface area contributed by atoms with Gasteiger partial charge < -0.3 is 5.32 Å². The molecule has 20 heavy (non-hydrogen) atoms. The summed E-state index contributed by atoms with van der Waals surface area (Å²) < 4.78 is 0. The van der Waals surface area contributed by atoms with Crippen LogP contribution in [0.2, 0.25) is 0 Å². The van der Waals surface area contributed by atoms with Gasteiger partial charge in [-0.2, -0.15) is 0 Å². The van der Waals surface area contributed by atoms with Gasteiger partial charge in [-0.15, -0.1) is 0 Å². The fourth-order valence-corrected chi connectivity index (χ4v) is 2.99. The molecule has 2 nitrogen and oxygen atoms in total. The molecule has 1 aliphatic rings. The minimum absolute atomic E-state index is 0.165. The topological polar surface area (TPSA) is 29.1 Å². The zero-order valence-electron chi connectivity index (χ0n) is 12.7. The molecule has 0 spiro atoms. The quantitative estimate of drug-likeness (QED) is 0.749. The van der Waals surface area contributed by atoms with Crippen LogP contribution in [0.1, 0.15) is 63.9 Å². The Labute approximate surface area is 123 Å². The van der Waals surface area contributed by atoms with E-state index in [2.05, 4.69) is 24.4 Å². The Morgan fingerprint density at radius 1 is 1.20 bits per heavy atom. The van der Waals surface area contributed by atoms with Crippen molar-refractivity contribution in [3.05, 3.63) is 29.8 Å². The predicted molar refractivity (Wildman–Crippen MR) is 84.9 cm³/mol. The van der Waals surface area contributed by atoms with Crippen LogP contribution >= 0.6 is 0 Å². The minimum Gasteiger partial charge on any atom is -0.326 e. The van der Waals surface area contributed by atoms with Gasteiger partial charge in [-0.1, -0.05) is 51.2 Å². The Morgan fingerprint density at radius 2 is 1.90 bits per heavy atom. The molecule has 2 rings (SSSR count). The molecule has 1 saturated carbocycles. The molecular formula is C18H27NO. The molecular weight excluding hydrogens is 246 g/mol. The summed E-state index contributed by atoms with van der Waals surface area (Å²) in [5.41, 5.74) is 2.29. The normalized spacial score (nSPS) is 15.4. The highest BCUT2D eigenvalue weighted by atomic mass is 16.1. The van der Waals surface area contributed by atoms with E-state index in [-0.39, 0.29) is 5.91 Å². The number of carbonyl (C=O) groups is 1. The molecule has 1 amide bonds. The van der Waals surface area contributed by atoms with Crippen molar-refractivity contribution in [1.82, 2.24) is 0 Å². The van der Waals surface area contributed by atoms with Gasteiger partial charge in [0.1, 0.15) is 0 Å². The van der Waals surface area contributed by atoms with Crippen LogP contribution in [-0.4, -0.2) is 5.91 Å². The van der Waals surface area contributed by atoms with E-state index in [0.29, 0.717) is 6.42 Å². The molecule has 0 radical (unpaired) electrons. The number of amides is 1. The zero-order valence-corrected chi connectivity index (χ0v) is 12.7. The summed E-state index contributed by atoms with van der Waals surface area (Å²) in [5.74, 6) is 0.954. The summed E-state index contributed by atoms with van der Waals surface area (Å²) >= 11 is 0. The second-order valence-electron chi connectivity index (χ2n) is 6.04. The maximum absolute atomic E-state index is 11.9. The summed E-state index contributed by atoms with van der Waals surface area (Å²) in [5, 5.41) is 3.01. The lowest BCUT2D eigenvalue weighted by Crippen LogP contribution is -2.12. The van der Waals surface area contributed by atoms with Crippen LogP contribution in [0.5, 0.6) is 0 Å². The monoisotopic (exact) mass is 273 g/mol. The molecule has 1 fully saturated rings. The van der Waals surface area contributed by atoms with Crippen molar-refractivity contribution in [1.29, 1.82) is 0 Å². The number of carbonyl (C=O) groups excluding carboxylic acids is 1. The molecule has 0 unspecified atom stereocenters. The maximum Gasteiger partial charge on any atom is 0.224 e. The van der Waals surface area contributed by atoms with Gasteiger partial charge in [0.2, 0.25) is 5.91 Å². The average Bonchev–Trinajstić information content (AvgIpc) is 2.98. The Kier molecular flexibility index (Phi) is 6.10. The Balaban J connectivity index is 1.72. The van der Waals surface area contributed by atoms with Crippen LogP contribution in [0.25, 0.3) is 0 Å². The highest BCUT2D eigenvalue weighted by molar-refractivity contribution is 5.90. The molecule has 0 heterocycles. The third-order valence-electron chi connectivity index (χ3n) is 4.31. The molecule has 1 aromatic rings. The van der Waals surface area contributed by atoms with E-state index in [1.54, 1.807) is 0 Å². The summed E-state index contributed by atoms with van der Waals surface area (Å²) in [4.78, 5) is 11.9. The first-order valence-corrected chi connectivity index (χ1v) is 8.16. The largest absolute Gasteiger partial charge is 0.326 e. The fourth-order valence-electron chi connectivity index (χ4n) is 2.99. The van der Waals surface area contributed by atoms with E-state index >= 15 is 0 Å². The number of nitrogens with one attached hydrogen (secondary N) is 1. The van der Waals surface area contributed by atoms with E-state index < -0.39 is 0 Å². The molecule has 1 aromatic carbocycles. The second-order valence-corrected chi connectivity index (χ2v) is 6.04. The van der Waals surface area contributed by atoms with Crippen molar-refractivity contribution < 1.29 is 4.79 Å². The van der Waals surface area contributed by atoms with Crippen LogP contribution in [-0.2, 0) is 11.2 Å². The Bertz CT molecular complexity index is 404. The third-order valence-corrected chi connectivity index (χ3v) is 4.31. The zero-order chi connectivity index (χ0) is 14.2. The lowest BCUT2D eigenvalue weighted by atomic mass is 10.0. The number of hydrogen-bond acceptors (Lipinski definition) is 1. The molecule has 0 aromatic heterocycles. The van der Waals surface area contributed by atoms with Crippen LogP contribution < -0.4 is 5.32 Å². The fraction of sp³-hybridized carbons (Fsp3) is 0.611. The van der Waals surface area contributed by atoms with E-state index in [1.165, 1.54) is 44.1 Å². The highest BCUT2D eigenvalue weighted by Crippen LogP contribution is 2.28. The van der Waals surface area contributed by atoms with E-state index in [9.17, 15) is 4.79 Å². The number of hydrogen-bond donors (Lipinski definition) is 1. The predicted octanol–water partition coefficient (Wildman–Crippen LogP) is 4.94. The smallest absolute Gasteiger partial charge is 0.224 e. The standard InChI is InChI=1S/C18H27NO/c1-2-3-6-16-9-12-17(13-10-16)19-18(20)14-11-15-7-4-5-8-15/h9-10,12-13,15H,2-8,11,14H2,1H3,(H,19,20). The Hall–Kier alpha value is -1.31. The number of anilines is 1. The van der Waals surface area contributed by atoms with E-state index in [4.69, 9.17) is 0 Å². The number of benzene rings is 1. The van der Waals surface area contributed by atoms with Crippen LogP contribution in [0, 0.1) is 5.92 Å². The minimum atomic E-state index is 0.165. The summed E-state index contributed by atoms with van der Waals surface area (Å²) in [6.07, 6.45) is 10.7. The molecule has 2 heteroatoms. The van der Waals surface area contributed by atoms with Crippen molar-refractivity contribution in [2.75, 3.05) is 5.32 Å². The molecule has 1 aliphatic carbocycles. The molecule has 0 atom stereocenters. The van der Waals surface area contributed by atoms with Gasteiger partial charge in [0, 0.05) is 12.1 Å². The van der Waals surface area contributed by atoms with Crippen molar-refractivity contribution in [2.45, 2.75) is 64.7 Å². The maximum atomic E-state index is 11.9. The van der Waals surface area contributed by atoms with Gasteiger partial charge in [-0.25, -0.2) is 0 Å². The first kappa shape index (κ1) is 15.1. The van der Waals surface area contributed by atoms with Crippen molar-refractivity contribution in [2.24, 2.45) is 5.92 Å². The molecule has 110 valence electrons. The highest BCUT2D eigenvalue weighted by Gasteiger charge is 2.16. The Morgan fingerprint density at radius 3 is 2.55 bits per heavy atom. The second kappa shape index (κ2) is 8.08. The van der Waals surface area contributed by atoms with Gasteiger partial charge >= 0.3 is 0 Å². The SMILES string of the molecule is CCCCc1ccc(NC(=O)CCC2CCCC2)cc1. The van der Waals surface area contributed by atoms with Gasteiger partial charge in [-0.3, -0.25) is 4.79 Å². The molecule has 0 aliphatic heterocycles. The number of aryl methyl sites for hydroxylation is 1. The first-order valence-electron chi connectivity index (χ1n) is 8.16. The van der Waals surface area contributed by atoms with E-state index in [1.807, 2.05) is 12.1 Å². The lowest BCUT2D eigenvalue weighted by Gasteiger charge is -2.09. The van der Waals surface area contributed by atoms with Crippen LogP contribution in [0.15, 0.2) is 24.3 Å². The number of rotatable bonds is 7. The summed E-state index contributed by atoms with van der Waals surface area (Å²) in [6.45, 7) is 2.21. The molecule has 0 saturated heterocycles. The lowest BCUT2D eigenvalue weighted by molar-refractivity contribution is -0.116. The van der Waals surface area contributed by atoms with Gasteiger partial charge in [0.05, 0.1) is 0 Å². The van der Waals surface area contributed by atoms with Gasteiger partial charge in [0.15, 0.2) is 0 Å². The summed E-state index contributed by atoms with van der Waals surface area (Å²) in [7, 11) is 0. The van der Waals surface area contributed by atoms with Crippen molar-refractivity contribution >= 4 is 11.6 Å². The van der Waals surface area contributed by atoms with Gasteiger partial charge in [0.25, 0.3) is 0 Å². The average molecular weight is 273 g/mol. The first-order chi connectivity index (χ1) is 9.78. The van der Waals surface area contributed by atoms with Crippen LogP contribution in [0.4, 0.5) is 5.69 Å². The summed E-state index contributed by atoms with van der Waals surface area (Å²) in [6, 6.07) is 8.31. The van der Waals surface area contributed by atoms with Gasteiger partial charge in [-0.05, 0) is 42.9 Å². The molecule has 0 bridgehead atoms. The molecule has 1 N–H and O–H groups in total. The number of unbranched alkanes of at least 4 members (excludes halogenated alkanes) is 1. The van der Waals surface area contributed by atoms with Crippen molar-refractivity contribution in [3.8, 4) is 0 Å². The third kappa shape index (κ3) is 4.99.